The average Bonchev–Trinajstić information content (AvgIpc) is 2.78. The van der Waals surface area contributed by atoms with Gasteiger partial charge in [0, 0.05) is 12.1 Å². The number of hydrogen-bond acceptors (Lipinski definition) is 4. The van der Waals surface area contributed by atoms with Gasteiger partial charge >= 0.3 is 0 Å². The lowest BCUT2D eigenvalue weighted by Gasteiger charge is -2.30. The molecule has 6 N–H and O–H groups in total. The van der Waals surface area contributed by atoms with Gasteiger partial charge < -0.3 is 21.7 Å². The second kappa shape index (κ2) is 13.1. The molecule has 0 radical (unpaired) electrons. The number of halogens is 2. The molecule has 32 heavy (non-hydrogen) atoms. The van der Waals surface area contributed by atoms with E-state index in [-0.39, 0.29) is 48.5 Å². The molecule has 1 saturated heterocycles. The minimum absolute atomic E-state index is 0. The highest BCUT2D eigenvalue weighted by atomic mass is 35.5. The summed E-state index contributed by atoms with van der Waals surface area (Å²) in [5, 5.41) is 16.3. The predicted octanol–water partition coefficient (Wildman–Crippen LogP) is 2.47. The van der Waals surface area contributed by atoms with Crippen molar-refractivity contribution in [2.75, 3.05) is 6.54 Å². The molecule has 174 valence electrons. The number of piperidine rings is 1. The van der Waals surface area contributed by atoms with Crippen LogP contribution in [0.2, 0.25) is 0 Å². The van der Waals surface area contributed by atoms with Gasteiger partial charge in [0.1, 0.15) is 11.9 Å². The van der Waals surface area contributed by atoms with Gasteiger partial charge in [-0.3, -0.25) is 15.0 Å². The normalized spacial score (nSPS) is 18.3. The van der Waals surface area contributed by atoms with Crippen molar-refractivity contribution in [1.29, 1.82) is 5.41 Å². The van der Waals surface area contributed by atoms with Crippen molar-refractivity contribution in [3.8, 4) is 0 Å². The van der Waals surface area contributed by atoms with Crippen LogP contribution in [0.1, 0.15) is 42.4 Å². The van der Waals surface area contributed by atoms with Crippen LogP contribution in [0.4, 0.5) is 0 Å². The molecule has 7 nitrogen and oxygen atoms in total. The Morgan fingerprint density at radius 2 is 1.78 bits per heavy atom. The van der Waals surface area contributed by atoms with Crippen molar-refractivity contribution >= 4 is 42.5 Å². The Hall–Kier alpha value is -2.61. The van der Waals surface area contributed by atoms with Crippen molar-refractivity contribution in [2.24, 2.45) is 5.73 Å². The third kappa shape index (κ3) is 7.51. The third-order valence-corrected chi connectivity index (χ3v) is 5.47. The van der Waals surface area contributed by atoms with Gasteiger partial charge in [0.05, 0.1) is 6.04 Å². The van der Waals surface area contributed by atoms with Gasteiger partial charge in [-0.05, 0) is 43.4 Å². The van der Waals surface area contributed by atoms with E-state index in [0.29, 0.717) is 24.4 Å². The molecular weight excluding hydrogens is 449 g/mol. The van der Waals surface area contributed by atoms with E-state index in [1.807, 2.05) is 30.3 Å². The summed E-state index contributed by atoms with van der Waals surface area (Å²) in [7, 11) is 0. The minimum atomic E-state index is -0.632. The number of benzene rings is 2. The molecule has 1 heterocycles. The second-order valence-corrected chi connectivity index (χ2v) is 7.70. The molecule has 0 aliphatic carbocycles. The Labute approximate surface area is 201 Å². The molecule has 0 spiro atoms. The Morgan fingerprint density at radius 1 is 1.12 bits per heavy atom. The van der Waals surface area contributed by atoms with Crippen molar-refractivity contribution in [3.63, 3.8) is 0 Å². The topological polar surface area (TPSA) is 120 Å². The first-order chi connectivity index (χ1) is 14.4. The molecular formula is C23H31Cl2N5O2. The molecule has 2 aromatic rings. The minimum Gasteiger partial charge on any atom is -0.384 e. The first-order valence-electron chi connectivity index (χ1n) is 10.2. The molecule has 2 aromatic carbocycles. The molecule has 3 rings (SSSR count). The van der Waals surface area contributed by atoms with Crippen LogP contribution in [0.3, 0.4) is 0 Å². The van der Waals surface area contributed by atoms with Crippen LogP contribution in [-0.2, 0) is 16.1 Å². The number of amides is 2. The number of amidine groups is 1. The number of nitrogen functional groups attached to an aromatic ring is 1. The van der Waals surface area contributed by atoms with E-state index in [1.54, 1.807) is 19.1 Å². The number of carbonyl (C=O) groups is 2. The summed E-state index contributed by atoms with van der Waals surface area (Å²) in [4.78, 5) is 25.1. The van der Waals surface area contributed by atoms with Gasteiger partial charge in [-0.1, -0.05) is 54.6 Å². The Bertz CT molecular complexity index is 893. The van der Waals surface area contributed by atoms with Crippen LogP contribution in [0.15, 0.2) is 54.6 Å². The van der Waals surface area contributed by atoms with Crippen molar-refractivity contribution < 1.29 is 9.59 Å². The monoisotopic (exact) mass is 479 g/mol. The quantitative estimate of drug-likeness (QED) is 0.309. The molecule has 2 amide bonds. The SMILES string of the molecule is C[C@H](NC(=O)[C@@H]1C[C@@H](c2ccccc2)CCN1)C(=O)NCc1ccc(C(=N)N)cc1.Cl.Cl. The maximum atomic E-state index is 12.7. The van der Waals surface area contributed by atoms with E-state index in [9.17, 15) is 9.59 Å². The first-order valence-corrected chi connectivity index (χ1v) is 10.2. The maximum absolute atomic E-state index is 12.7. The van der Waals surface area contributed by atoms with Crippen LogP contribution in [-0.4, -0.2) is 36.3 Å². The highest BCUT2D eigenvalue weighted by molar-refractivity contribution is 5.95. The third-order valence-electron chi connectivity index (χ3n) is 5.47. The maximum Gasteiger partial charge on any atom is 0.242 e. The summed E-state index contributed by atoms with van der Waals surface area (Å²) in [6.07, 6.45) is 1.71. The fourth-order valence-electron chi connectivity index (χ4n) is 3.67. The van der Waals surface area contributed by atoms with Crippen LogP contribution < -0.4 is 21.7 Å². The van der Waals surface area contributed by atoms with Crippen LogP contribution in [0.5, 0.6) is 0 Å². The standard InChI is InChI=1S/C23H29N5O2.2ClH/c1-15(22(29)27-14-16-7-9-18(10-8-16)21(24)25)28-23(30)20-13-19(11-12-26-20)17-5-3-2-4-6-17;;/h2-10,15,19-20,26H,11-14H2,1H3,(H3,24,25)(H,27,29)(H,28,30);2*1H/t15-,19-,20-;;/m0../s1. The lowest BCUT2D eigenvalue weighted by Crippen LogP contribution is -2.53. The average molecular weight is 480 g/mol. The van der Waals surface area contributed by atoms with E-state index in [1.165, 1.54) is 5.56 Å². The van der Waals surface area contributed by atoms with Gasteiger partial charge in [0.2, 0.25) is 11.8 Å². The van der Waals surface area contributed by atoms with E-state index in [2.05, 4.69) is 28.1 Å². The zero-order valence-electron chi connectivity index (χ0n) is 18.0. The Kier molecular flexibility index (Phi) is 11.2. The highest BCUT2D eigenvalue weighted by Crippen LogP contribution is 2.27. The van der Waals surface area contributed by atoms with E-state index in [0.717, 1.165) is 18.5 Å². The fourth-order valence-corrected chi connectivity index (χ4v) is 3.67. The molecule has 1 aliphatic heterocycles. The fraction of sp³-hybridized carbons (Fsp3) is 0.348. The van der Waals surface area contributed by atoms with Crippen LogP contribution >= 0.6 is 24.8 Å². The smallest absolute Gasteiger partial charge is 0.242 e. The summed E-state index contributed by atoms with van der Waals surface area (Å²) in [5.74, 6) is -0.0449. The summed E-state index contributed by atoms with van der Waals surface area (Å²) >= 11 is 0. The largest absolute Gasteiger partial charge is 0.384 e. The lowest BCUT2D eigenvalue weighted by atomic mass is 9.86. The summed E-state index contributed by atoms with van der Waals surface area (Å²) in [5.41, 5.74) is 8.23. The molecule has 0 unspecified atom stereocenters. The summed E-state index contributed by atoms with van der Waals surface area (Å²) in [6.45, 7) is 2.80. The zero-order valence-corrected chi connectivity index (χ0v) is 19.6. The van der Waals surface area contributed by atoms with E-state index < -0.39 is 6.04 Å². The van der Waals surface area contributed by atoms with Gasteiger partial charge in [0.15, 0.2) is 0 Å². The van der Waals surface area contributed by atoms with Crippen LogP contribution in [0.25, 0.3) is 0 Å². The molecule has 1 fully saturated rings. The van der Waals surface area contributed by atoms with Crippen LogP contribution in [0, 0.1) is 5.41 Å². The summed E-state index contributed by atoms with van der Waals surface area (Å²) < 4.78 is 0. The van der Waals surface area contributed by atoms with Gasteiger partial charge in [-0.2, -0.15) is 0 Å². The molecule has 0 aromatic heterocycles. The second-order valence-electron chi connectivity index (χ2n) is 7.70. The number of nitrogens with one attached hydrogen (secondary N) is 4. The number of carbonyl (C=O) groups excluding carboxylic acids is 2. The number of rotatable bonds is 7. The van der Waals surface area contributed by atoms with Crippen molar-refractivity contribution in [1.82, 2.24) is 16.0 Å². The van der Waals surface area contributed by atoms with Crippen molar-refractivity contribution in [2.45, 2.75) is 44.3 Å². The van der Waals surface area contributed by atoms with Gasteiger partial charge in [-0.25, -0.2) is 0 Å². The molecule has 0 saturated carbocycles. The Balaban J connectivity index is 0.00000256. The molecule has 9 heteroatoms. The predicted molar refractivity (Wildman–Crippen MR) is 132 cm³/mol. The lowest BCUT2D eigenvalue weighted by molar-refractivity contribution is -0.130. The highest BCUT2D eigenvalue weighted by Gasteiger charge is 2.29. The molecule has 1 aliphatic rings. The molecule has 0 bridgehead atoms. The van der Waals surface area contributed by atoms with E-state index >= 15 is 0 Å². The molecule has 3 atom stereocenters. The number of nitrogens with two attached hydrogens (primary N) is 1. The van der Waals surface area contributed by atoms with Gasteiger partial charge in [-0.15, -0.1) is 24.8 Å². The number of hydrogen-bond donors (Lipinski definition) is 5. The summed E-state index contributed by atoms with van der Waals surface area (Å²) in [6, 6.07) is 16.4. The van der Waals surface area contributed by atoms with Crippen molar-refractivity contribution in [3.05, 3.63) is 71.3 Å². The van der Waals surface area contributed by atoms with Gasteiger partial charge in [0.25, 0.3) is 0 Å². The van der Waals surface area contributed by atoms with E-state index in [4.69, 9.17) is 11.1 Å². The Morgan fingerprint density at radius 3 is 2.41 bits per heavy atom. The zero-order chi connectivity index (χ0) is 21.5. The first kappa shape index (κ1) is 27.4.